The Bertz CT molecular complexity index is 1310. The van der Waals surface area contributed by atoms with Gasteiger partial charge >= 0.3 is 6.09 Å². The zero-order valence-corrected chi connectivity index (χ0v) is 21.4. The maximum Gasteiger partial charge on any atom is 0.413 e. The number of aromatic nitrogens is 4. The summed E-state index contributed by atoms with van der Waals surface area (Å²) in [7, 11) is 0. The lowest BCUT2D eigenvalue weighted by Crippen LogP contribution is -2.48. The minimum absolute atomic E-state index is 0.252. The van der Waals surface area contributed by atoms with Crippen LogP contribution in [0.1, 0.15) is 26.3 Å². The van der Waals surface area contributed by atoms with Crippen LogP contribution in [0.25, 0.3) is 28.0 Å². The van der Waals surface area contributed by atoms with Crippen molar-refractivity contribution in [2.75, 3.05) is 38.1 Å². The molecule has 11 heteroatoms. The van der Waals surface area contributed by atoms with Gasteiger partial charge in [-0.05, 0) is 44.5 Å². The van der Waals surface area contributed by atoms with E-state index in [4.69, 9.17) is 10.5 Å². The Morgan fingerprint density at radius 1 is 1.27 bits per heavy atom. The minimum Gasteiger partial charge on any atom is -0.450 e. The number of nitrogens with two attached hydrogens (primary N) is 1. The number of aliphatic imine (C=N–C) groups is 1. The number of carbonyl (C=O) groups is 1. The number of H-pyrrole nitrogens is 1. The molecule has 0 aliphatic carbocycles. The zero-order valence-electron chi connectivity index (χ0n) is 21.4. The van der Waals surface area contributed by atoms with E-state index in [1.165, 1.54) is 6.20 Å². The van der Waals surface area contributed by atoms with Gasteiger partial charge in [-0.25, -0.2) is 24.7 Å². The second-order valence-corrected chi connectivity index (χ2v) is 8.84. The van der Waals surface area contributed by atoms with Gasteiger partial charge < -0.3 is 20.4 Å². The Balaban J connectivity index is 1.62. The molecule has 2 aromatic heterocycles. The Hall–Kier alpha value is -4.25. The van der Waals surface area contributed by atoms with E-state index in [9.17, 15) is 4.79 Å². The Morgan fingerprint density at radius 2 is 2.00 bits per heavy atom. The summed E-state index contributed by atoms with van der Waals surface area (Å²) in [6.07, 6.45) is 5.94. The number of ether oxygens (including phenoxy) is 1. The first-order chi connectivity index (χ1) is 17.9. The van der Waals surface area contributed by atoms with E-state index in [-0.39, 0.29) is 12.6 Å². The van der Waals surface area contributed by atoms with Crippen LogP contribution in [0.2, 0.25) is 0 Å². The lowest BCUT2D eigenvalue weighted by atomic mass is 10.0. The van der Waals surface area contributed by atoms with Crippen LogP contribution in [-0.2, 0) is 4.74 Å². The fourth-order valence-corrected chi connectivity index (χ4v) is 4.15. The van der Waals surface area contributed by atoms with Crippen LogP contribution in [0.3, 0.4) is 0 Å². The number of carbonyl (C=O) groups excluding carboxylic acids is 1. The highest BCUT2D eigenvalue weighted by Crippen LogP contribution is 2.30. The third-order valence-corrected chi connectivity index (χ3v) is 6.16. The number of amides is 1. The topological polar surface area (TPSA) is 138 Å². The number of benzene rings is 1. The van der Waals surface area contributed by atoms with Crippen LogP contribution in [0, 0.1) is 0 Å². The first-order valence-electron chi connectivity index (χ1n) is 12.3. The van der Waals surface area contributed by atoms with E-state index in [0.29, 0.717) is 39.9 Å². The van der Waals surface area contributed by atoms with Crippen molar-refractivity contribution in [1.82, 2.24) is 29.7 Å². The highest BCUT2D eigenvalue weighted by atomic mass is 16.5. The number of piperazine rings is 1. The fourth-order valence-electron chi connectivity index (χ4n) is 4.15. The van der Waals surface area contributed by atoms with Crippen molar-refractivity contribution in [3.63, 3.8) is 0 Å². The molecule has 4 N–H and O–H groups in total. The first kappa shape index (κ1) is 25.8. The maximum absolute atomic E-state index is 11.9. The number of nitrogens with zero attached hydrogens (tertiary/aromatic N) is 6. The second kappa shape index (κ2) is 11.7. The molecule has 0 bridgehead atoms. The Kier molecular flexibility index (Phi) is 8.14. The largest absolute Gasteiger partial charge is 0.450 e. The van der Waals surface area contributed by atoms with Crippen molar-refractivity contribution in [2.24, 2.45) is 10.7 Å². The molecule has 1 aliphatic rings. The summed E-state index contributed by atoms with van der Waals surface area (Å²) in [4.78, 5) is 37.6. The van der Waals surface area contributed by atoms with Gasteiger partial charge in [-0.3, -0.25) is 10.2 Å². The molecular formula is C26H33N9O2. The van der Waals surface area contributed by atoms with Crippen LogP contribution < -0.4 is 11.1 Å². The van der Waals surface area contributed by atoms with Crippen molar-refractivity contribution < 1.29 is 9.53 Å². The standard InChI is InChI=1S/C26H33N9O2/c1-5-37-26(36)33-25-31-22-14-19(13-21(23(22)32-25)24-28-7-6-8-29-24)20(15-27)16-30-18(4)35-11-9-34(10-12-35)17(2)3/h6-8,13-17H,4-5,9-12,27H2,1-3H3,(H2,31,32,33,36)/b20-15+,30-16?. The molecule has 0 radical (unpaired) electrons. The van der Waals surface area contributed by atoms with Gasteiger partial charge in [0, 0.05) is 68.2 Å². The molecule has 3 aromatic rings. The Labute approximate surface area is 216 Å². The molecule has 194 valence electrons. The van der Waals surface area contributed by atoms with Crippen molar-refractivity contribution in [2.45, 2.75) is 26.8 Å². The van der Waals surface area contributed by atoms with E-state index in [2.05, 4.69) is 60.5 Å². The van der Waals surface area contributed by atoms with Crippen LogP contribution in [-0.4, -0.2) is 80.9 Å². The molecule has 0 unspecified atom stereocenters. The van der Waals surface area contributed by atoms with Crippen LogP contribution >= 0.6 is 0 Å². The lowest BCUT2D eigenvalue weighted by Gasteiger charge is -2.37. The number of rotatable bonds is 8. The van der Waals surface area contributed by atoms with E-state index in [0.717, 1.165) is 31.7 Å². The first-order valence-corrected chi connectivity index (χ1v) is 12.3. The Morgan fingerprint density at radius 3 is 2.65 bits per heavy atom. The summed E-state index contributed by atoms with van der Waals surface area (Å²) in [5.41, 5.74) is 9.44. The molecule has 3 heterocycles. The molecule has 1 aliphatic heterocycles. The summed E-state index contributed by atoms with van der Waals surface area (Å²) in [5, 5.41) is 2.61. The summed E-state index contributed by atoms with van der Waals surface area (Å²) in [6.45, 7) is 14.3. The average molecular weight is 504 g/mol. The number of imidazole rings is 1. The van der Waals surface area contributed by atoms with Crippen LogP contribution in [0.15, 0.2) is 54.2 Å². The van der Waals surface area contributed by atoms with Gasteiger partial charge in [-0.2, -0.15) is 0 Å². The number of nitrogens with one attached hydrogen (secondary N) is 2. The normalized spacial score (nSPS) is 15.0. The predicted molar refractivity (Wildman–Crippen MR) is 146 cm³/mol. The highest BCUT2D eigenvalue weighted by molar-refractivity contribution is 6.12. The molecule has 1 saturated heterocycles. The maximum atomic E-state index is 11.9. The molecule has 0 spiro atoms. The fraction of sp³-hybridized carbons (Fsp3) is 0.346. The number of hydrogen-bond acceptors (Lipinski definition) is 9. The summed E-state index contributed by atoms with van der Waals surface area (Å²) < 4.78 is 4.97. The smallest absolute Gasteiger partial charge is 0.413 e. The van der Waals surface area contributed by atoms with E-state index in [1.807, 2.05) is 12.1 Å². The highest BCUT2D eigenvalue weighted by Gasteiger charge is 2.20. The van der Waals surface area contributed by atoms with E-state index in [1.54, 1.807) is 31.6 Å². The molecule has 0 atom stereocenters. The SMILES string of the molecule is C=C(N=C/C(=C\N)c1cc(-c2ncccn2)c2nc(NC(=O)OCC)[nH]c2c1)N1CCN(C(C)C)CC1. The number of hydrogen-bond donors (Lipinski definition) is 3. The second-order valence-electron chi connectivity index (χ2n) is 8.84. The van der Waals surface area contributed by atoms with Gasteiger partial charge in [0.15, 0.2) is 5.82 Å². The summed E-state index contributed by atoms with van der Waals surface area (Å²) in [5.74, 6) is 1.44. The van der Waals surface area contributed by atoms with E-state index < -0.39 is 6.09 Å². The molecule has 37 heavy (non-hydrogen) atoms. The molecule has 1 aromatic carbocycles. The molecular weight excluding hydrogens is 470 g/mol. The molecule has 1 amide bonds. The number of anilines is 1. The number of fused-ring (bicyclic) bond motifs is 1. The summed E-state index contributed by atoms with van der Waals surface area (Å²) in [6, 6.07) is 6.06. The average Bonchev–Trinajstić information content (AvgIpc) is 3.31. The molecule has 4 rings (SSSR count). The molecule has 11 nitrogen and oxygen atoms in total. The third-order valence-electron chi connectivity index (χ3n) is 6.16. The molecule has 0 saturated carbocycles. The monoisotopic (exact) mass is 503 g/mol. The minimum atomic E-state index is -0.596. The quantitative estimate of drug-likeness (QED) is 0.398. The van der Waals surface area contributed by atoms with Gasteiger partial charge in [-0.1, -0.05) is 6.58 Å². The third kappa shape index (κ3) is 6.12. The van der Waals surface area contributed by atoms with Gasteiger partial charge in [0.05, 0.1) is 12.1 Å². The van der Waals surface area contributed by atoms with Crippen molar-refractivity contribution in [3.8, 4) is 11.4 Å². The number of aromatic amines is 1. The van der Waals surface area contributed by atoms with Crippen molar-refractivity contribution in [1.29, 1.82) is 0 Å². The van der Waals surface area contributed by atoms with Crippen LogP contribution in [0.5, 0.6) is 0 Å². The lowest BCUT2D eigenvalue weighted by molar-refractivity contribution is 0.130. The van der Waals surface area contributed by atoms with Crippen LogP contribution in [0.4, 0.5) is 10.7 Å². The predicted octanol–water partition coefficient (Wildman–Crippen LogP) is 3.46. The zero-order chi connectivity index (χ0) is 26.4. The van der Waals surface area contributed by atoms with Gasteiger partial charge in [0.1, 0.15) is 11.3 Å². The van der Waals surface area contributed by atoms with Crippen molar-refractivity contribution >= 4 is 34.9 Å². The van der Waals surface area contributed by atoms with E-state index >= 15 is 0 Å². The molecule has 1 fully saturated rings. The number of allylic oxidation sites excluding steroid dienone is 1. The van der Waals surface area contributed by atoms with Gasteiger partial charge in [-0.15, -0.1) is 0 Å². The van der Waals surface area contributed by atoms with Crippen molar-refractivity contribution in [3.05, 3.63) is 54.8 Å². The van der Waals surface area contributed by atoms with Gasteiger partial charge in [0.2, 0.25) is 5.95 Å². The van der Waals surface area contributed by atoms with Gasteiger partial charge in [0.25, 0.3) is 0 Å². The summed E-state index contributed by atoms with van der Waals surface area (Å²) >= 11 is 0.